The van der Waals surface area contributed by atoms with Crippen LogP contribution in [-0.4, -0.2) is 46.8 Å². The first-order valence-electron chi connectivity index (χ1n) is 7.64. The van der Waals surface area contributed by atoms with E-state index in [1.54, 1.807) is 0 Å². The first kappa shape index (κ1) is 14.8. The fourth-order valence-corrected chi connectivity index (χ4v) is 3.48. The van der Waals surface area contributed by atoms with Crippen LogP contribution < -0.4 is 0 Å². The van der Waals surface area contributed by atoms with Gasteiger partial charge in [0, 0.05) is 12.6 Å². The lowest BCUT2D eigenvalue weighted by atomic mass is 9.83. The highest BCUT2D eigenvalue weighted by molar-refractivity contribution is 5.69. The van der Waals surface area contributed by atoms with Crippen LogP contribution in [-0.2, 0) is 9.53 Å². The van der Waals surface area contributed by atoms with Crippen LogP contribution in [0, 0.1) is 0 Å². The van der Waals surface area contributed by atoms with Gasteiger partial charge < -0.3 is 9.84 Å². The van der Waals surface area contributed by atoms with Crippen molar-refractivity contribution in [3.05, 3.63) is 0 Å². The van der Waals surface area contributed by atoms with E-state index in [0.29, 0.717) is 0 Å². The second kappa shape index (κ2) is 6.23. The molecular formula is C15H27NO3. The van der Waals surface area contributed by atoms with Crippen molar-refractivity contribution in [2.45, 2.75) is 76.5 Å². The Kier molecular flexibility index (Phi) is 4.85. The maximum Gasteiger partial charge on any atom is 0.317 e. The number of hydrogen-bond donors (Lipinski definition) is 1. The van der Waals surface area contributed by atoms with Gasteiger partial charge in [-0.25, -0.2) is 0 Å². The predicted molar refractivity (Wildman–Crippen MR) is 74.3 cm³/mol. The summed E-state index contributed by atoms with van der Waals surface area (Å²) < 4.78 is 6.32. The highest BCUT2D eigenvalue weighted by Gasteiger charge is 2.41. The molecule has 1 spiro atoms. The molecule has 1 aliphatic carbocycles. The second-order valence-corrected chi connectivity index (χ2v) is 6.44. The fraction of sp³-hybridized carbons (Fsp3) is 0.933. The summed E-state index contributed by atoms with van der Waals surface area (Å²) in [6.07, 6.45) is 8.78. The lowest BCUT2D eigenvalue weighted by Crippen LogP contribution is -2.42. The Labute approximate surface area is 116 Å². The summed E-state index contributed by atoms with van der Waals surface area (Å²) in [5.74, 6) is -0.751. The number of nitrogens with zero attached hydrogens (tertiary/aromatic N) is 1. The average molecular weight is 269 g/mol. The van der Waals surface area contributed by atoms with E-state index in [-0.39, 0.29) is 24.3 Å². The van der Waals surface area contributed by atoms with E-state index in [2.05, 4.69) is 0 Å². The summed E-state index contributed by atoms with van der Waals surface area (Å²) in [6.45, 7) is 4.97. The number of aliphatic carboxylic acids is 1. The van der Waals surface area contributed by atoms with E-state index in [9.17, 15) is 4.79 Å². The van der Waals surface area contributed by atoms with Crippen molar-refractivity contribution < 1.29 is 14.6 Å². The van der Waals surface area contributed by atoms with E-state index < -0.39 is 5.97 Å². The number of ether oxygens (including phenoxy) is 1. The zero-order valence-corrected chi connectivity index (χ0v) is 12.2. The zero-order valence-electron chi connectivity index (χ0n) is 12.2. The molecule has 0 aromatic rings. The molecule has 0 aromatic heterocycles. The highest BCUT2D eigenvalue weighted by atomic mass is 16.5. The maximum absolute atomic E-state index is 10.9. The standard InChI is InChI=1S/C15H27NO3/c1-12(2)16(11-14(17)18)10-13-6-9-15(19-13)7-4-3-5-8-15/h12-13H,3-11H2,1-2H3,(H,17,18). The van der Waals surface area contributed by atoms with Crippen LogP contribution in [0.4, 0.5) is 0 Å². The first-order chi connectivity index (χ1) is 9.01. The number of rotatable bonds is 5. The molecule has 1 unspecified atom stereocenters. The molecule has 0 bridgehead atoms. The molecule has 1 saturated carbocycles. The number of carboxylic acids is 1. The normalized spacial score (nSPS) is 26.4. The molecule has 19 heavy (non-hydrogen) atoms. The third kappa shape index (κ3) is 3.93. The molecule has 1 aliphatic heterocycles. The third-order valence-corrected chi connectivity index (χ3v) is 4.61. The van der Waals surface area contributed by atoms with Gasteiger partial charge in [0.1, 0.15) is 0 Å². The maximum atomic E-state index is 10.9. The average Bonchev–Trinajstić information content (AvgIpc) is 2.71. The smallest absolute Gasteiger partial charge is 0.317 e. The Morgan fingerprint density at radius 3 is 2.58 bits per heavy atom. The lowest BCUT2D eigenvalue weighted by molar-refractivity contribution is -0.139. The Balaban J connectivity index is 1.87. The van der Waals surface area contributed by atoms with Crippen LogP contribution in [0.3, 0.4) is 0 Å². The molecule has 1 heterocycles. The molecule has 4 heteroatoms. The summed E-state index contributed by atoms with van der Waals surface area (Å²) in [4.78, 5) is 12.9. The molecule has 0 amide bonds. The van der Waals surface area contributed by atoms with E-state index in [4.69, 9.17) is 9.84 Å². The summed E-state index contributed by atoms with van der Waals surface area (Å²) in [5, 5.41) is 8.97. The number of carboxylic acid groups (broad SMARTS) is 1. The van der Waals surface area contributed by atoms with E-state index in [1.165, 1.54) is 32.1 Å². The monoisotopic (exact) mass is 269 g/mol. The zero-order chi connectivity index (χ0) is 13.9. The summed E-state index contributed by atoms with van der Waals surface area (Å²) in [5.41, 5.74) is 0.134. The van der Waals surface area contributed by atoms with Crippen molar-refractivity contribution in [2.75, 3.05) is 13.1 Å². The van der Waals surface area contributed by atoms with Crippen LogP contribution in [0.15, 0.2) is 0 Å². The van der Waals surface area contributed by atoms with Gasteiger partial charge in [-0.3, -0.25) is 9.69 Å². The summed E-state index contributed by atoms with van der Waals surface area (Å²) in [7, 11) is 0. The van der Waals surface area contributed by atoms with Gasteiger partial charge in [-0.2, -0.15) is 0 Å². The first-order valence-corrected chi connectivity index (χ1v) is 7.64. The molecule has 110 valence electrons. The largest absolute Gasteiger partial charge is 0.480 e. The van der Waals surface area contributed by atoms with Gasteiger partial charge in [-0.1, -0.05) is 19.3 Å². The van der Waals surface area contributed by atoms with Crippen LogP contribution in [0.2, 0.25) is 0 Å². The van der Waals surface area contributed by atoms with Crippen molar-refractivity contribution in [3.63, 3.8) is 0 Å². The Hall–Kier alpha value is -0.610. The molecular weight excluding hydrogens is 242 g/mol. The molecule has 2 fully saturated rings. The molecule has 0 radical (unpaired) electrons. The summed E-state index contributed by atoms with van der Waals surface area (Å²) >= 11 is 0. The molecule has 1 N–H and O–H groups in total. The molecule has 0 aromatic carbocycles. The Morgan fingerprint density at radius 1 is 1.32 bits per heavy atom. The quantitative estimate of drug-likeness (QED) is 0.833. The van der Waals surface area contributed by atoms with E-state index in [0.717, 1.165) is 19.4 Å². The van der Waals surface area contributed by atoms with Crippen molar-refractivity contribution in [3.8, 4) is 0 Å². The molecule has 2 aliphatic rings. The molecule has 1 saturated heterocycles. The topological polar surface area (TPSA) is 49.8 Å². The Morgan fingerprint density at radius 2 is 2.00 bits per heavy atom. The van der Waals surface area contributed by atoms with Gasteiger partial charge >= 0.3 is 5.97 Å². The van der Waals surface area contributed by atoms with Crippen molar-refractivity contribution in [1.82, 2.24) is 4.90 Å². The van der Waals surface area contributed by atoms with Gasteiger partial charge in [-0.05, 0) is 39.5 Å². The Bertz CT molecular complexity index is 311. The van der Waals surface area contributed by atoms with Crippen molar-refractivity contribution in [2.24, 2.45) is 0 Å². The van der Waals surface area contributed by atoms with E-state index >= 15 is 0 Å². The van der Waals surface area contributed by atoms with E-state index in [1.807, 2.05) is 18.7 Å². The minimum Gasteiger partial charge on any atom is -0.480 e. The SMILES string of the molecule is CC(C)N(CC(=O)O)CC1CCC2(CCCCC2)O1. The number of carbonyl (C=O) groups is 1. The van der Waals surface area contributed by atoms with Crippen LogP contribution >= 0.6 is 0 Å². The van der Waals surface area contributed by atoms with Crippen LogP contribution in [0.1, 0.15) is 58.8 Å². The fourth-order valence-electron chi connectivity index (χ4n) is 3.48. The molecule has 4 nitrogen and oxygen atoms in total. The van der Waals surface area contributed by atoms with Gasteiger partial charge in [0.25, 0.3) is 0 Å². The minimum atomic E-state index is -0.751. The third-order valence-electron chi connectivity index (χ3n) is 4.61. The van der Waals surface area contributed by atoms with Crippen LogP contribution in [0.5, 0.6) is 0 Å². The number of hydrogen-bond acceptors (Lipinski definition) is 3. The highest BCUT2D eigenvalue weighted by Crippen LogP contribution is 2.42. The second-order valence-electron chi connectivity index (χ2n) is 6.44. The summed E-state index contributed by atoms with van der Waals surface area (Å²) in [6, 6.07) is 0.252. The van der Waals surface area contributed by atoms with Crippen LogP contribution in [0.25, 0.3) is 0 Å². The minimum absolute atomic E-state index is 0.116. The van der Waals surface area contributed by atoms with Gasteiger partial charge in [0.2, 0.25) is 0 Å². The van der Waals surface area contributed by atoms with Crippen molar-refractivity contribution in [1.29, 1.82) is 0 Å². The van der Waals surface area contributed by atoms with Crippen molar-refractivity contribution >= 4 is 5.97 Å². The van der Waals surface area contributed by atoms with Gasteiger partial charge in [0.05, 0.1) is 18.2 Å². The van der Waals surface area contributed by atoms with Gasteiger partial charge in [-0.15, -0.1) is 0 Å². The van der Waals surface area contributed by atoms with Gasteiger partial charge in [0.15, 0.2) is 0 Å². The lowest BCUT2D eigenvalue weighted by Gasteiger charge is -2.34. The molecule has 1 atom stereocenters. The predicted octanol–water partition coefficient (Wildman–Crippen LogP) is 2.66. The molecule has 2 rings (SSSR count).